The van der Waals surface area contributed by atoms with Crippen LogP contribution in [-0.2, 0) is 4.79 Å². The van der Waals surface area contributed by atoms with Gasteiger partial charge in [-0.3, -0.25) is 5.32 Å². The summed E-state index contributed by atoms with van der Waals surface area (Å²) < 4.78 is 50.4. The summed E-state index contributed by atoms with van der Waals surface area (Å²) in [6.45, 7) is 7.19. The van der Waals surface area contributed by atoms with Crippen molar-refractivity contribution in [3.63, 3.8) is 0 Å². The van der Waals surface area contributed by atoms with Crippen molar-refractivity contribution in [3.8, 4) is 23.3 Å². The van der Waals surface area contributed by atoms with Crippen LogP contribution in [-0.4, -0.2) is 69.5 Å². The molecule has 2 saturated heterocycles. The number of amides is 2. The molecule has 5 heterocycles. The number of urea groups is 1. The Labute approximate surface area is 355 Å². The molecule has 0 unspecified atom stereocenters. The van der Waals surface area contributed by atoms with Crippen LogP contribution in [0.3, 0.4) is 0 Å². The molecule has 3 aromatic heterocycles. The largest absolute Gasteiger partial charge is 0.490 e. The molecule has 0 atom stereocenters. The van der Waals surface area contributed by atoms with Gasteiger partial charge in [0.25, 0.3) is 0 Å². The van der Waals surface area contributed by atoms with Crippen LogP contribution in [0.2, 0.25) is 0 Å². The van der Waals surface area contributed by atoms with Crippen molar-refractivity contribution in [1.29, 1.82) is 0 Å². The first-order valence-electron chi connectivity index (χ1n) is 18.4. The second-order valence-corrected chi connectivity index (χ2v) is 15.1. The third kappa shape index (κ3) is 14.7. The number of carboxylic acid groups (broad SMARTS) is 1. The van der Waals surface area contributed by atoms with Crippen LogP contribution in [0.4, 0.5) is 23.8 Å². The van der Waals surface area contributed by atoms with E-state index >= 15 is 0 Å². The fourth-order valence-corrected chi connectivity index (χ4v) is 6.10. The number of carbonyl (C=O) groups excluding carboxylic acids is 1. The second-order valence-electron chi connectivity index (χ2n) is 13.3. The van der Waals surface area contributed by atoms with Crippen molar-refractivity contribution in [2.24, 2.45) is 0 Å². The average Bonchev–Trinajstić information content (AvgIpc) is 3.53. The lowest BCUT2D eigenvalue weighted by atomic mass is 10.0. The number of nitrogens with zero attached hydrogens (tertiary/aromatic N) is 4. The molecule has 0 spiro atoms. The molecule has 2 aliphatic heterocycles. The van der Waals surface area contributed by atoms with Gasteiger partial charge in [-0.25, -0.2) is 19.6 Å². The number of halogens is 5. The summed E-state index contributed by atoms with van der Waals surface area (Å²) >= 11 is 6.74. The number of carboxylic acids is 1. The van der Waals surface area contributed by atoms with Gasteiger partial charge in [0, 0.05) is 52.1 Å². The van der Waals surface area contributed by atoms with Crippen molar-refractivity contribution in [2.45, 2.75) is 45.7 Å². The Morgan fingerprint density at radius 2 is 1.31 bits per heavy atom. The van der Waals surface area contributed by atoms with Gasteiger partial charge in [0.2, 0.25) is 17.6 Å². The molecule has 12 nitrogen and oxygen atoms in total. The Morgan fingerprint density at radius 1 is 0.814 bits per heavy atom. The lowest BCUT2D eigenvalue weighted by Gasteiger charge is -2.28. The van der Waals surface area contributed by atoms with Crippen LogP contribution < -0.4 is 20.1 Å². The van der Waals surface area contributed by atoms with Crippen molar-refractivity contribution in [1.82, 2.24) is 25.3 Å². The van der Waals surface area contributed by atoms with Gasteiger partial charge >= 0.3 is 18.2 Å². The zero-order valence-corrected chi connectivity index (χ0v) is 35.2. The normalized spacial score (nSPS) is 13.8. The molecule has 7 rings (SSSR count). The fourth-order valence-electron chi connectivity index (χ4n) is 5.64. The molecule has 2 amide bonds. The Morgan fingerprint density at radius 3 is 1.73 bits per heavy atom. The number of hydrogen-bond donors (Lipinski definition) is 3. The lowest BCUT2D eigenvalue weighted by Crippen LogP contribution is -2.39. The Kier molecular flexibility index (Phi) is 16.2. The summed E-state index contributed by atoms with van der Waals surface area (Å²) in [7, 11) is 0. The van der Waals surface area contributed by atoms with E-state index in [-0.39, 0.29) is 6.03 Å². The van der Waals surface area contributed by atoms with Crippen molar-refractivity contribution in [2.75, 3.05) is 31.5 Å². The van der Waals surface area contributed by atoms with Gasteiger partial charge in [-0.2, -0.15) is 13.2 Å². The molecule has 2 aliphatic rings. The predicted molar refractivity (Wildman–Crippen MR) is 224 cm³/mol. The number of rotatable bonds is 7. The number of carbonyl (C=O) groups is 2. The molecule has 0 aliphatic carbocycles. The predicted octanol–water partition coefficient (Wildman–Crippen LogP) is 11.0. The molecular formula is C42H41Br2F3N6O6. The quantitative estimate of drug-likeness (QED) is 0.144. The highest BCUT2D eigenvalue weighted by molar-refractivity contribution is 9.10. The number of benzene rings is 2. The van der Waals surface area contributed by atoms with E-state index in [0.717, 1.165) is 76.0 Å². The molecule has 2 fully saturated rings. The molecule has 0 saturated carbocycles. The number of alkyl halides is 3. The number of anilines is 1. The molecule has 5 aromatic rings. The summed E-state index contributed by atoms with van der Waals surface area (Å²) in [5.74, 6) is 0.356. The lowest BCUT2D eigenvalue weighted by molar-refractivity contribution is -0.192. The molecule has 2 aromatic carbocycles. The van der Waals surface area contributed by atoms with Crippen LogP contribution in [0.1, 0.15) is 48.1 Å². The maximum atomic E-state index is 12.5. The minimum absolute atomic E-state index is 0.157. The van der Waals surface area contributed by atoms with E-state index in [2.05, 4.69) is 81.9 Å². The zero-order chi connectivity index (χ0) is 42.4. The minimum atomic E-state index is -5.08. The number of aryl methyl sites for hydroxylation is 1. The Balaban J connectivity index is 0.000000203. The van der Waals surface area contributed by atoms with Crippen LogP contribution in [0.25, 0.3) is 12.2 Å². The van der Waals surface area contributed by atoms with Crippen molar-refractivity contribution in [3.05, 3.63) is 128 Å². The number of likely N-dealkylation sites (tertiary alicyclic amines) is 1. The summed E-state index contributed by atoms with van der Waals surface area (Å²) in [5.41, 5.74) is 6.67. The summed E-state index contributed by atoms with van der Waals surface area (Å²) in [5, 5.41) is 17.2. The zero-order valence-electron chi connectivity index (χ0n) is 32.1. The van der Waals surface area contributed by atoms with Crippen LogP contribution in [0.15, 0.2) is 110 Å². The maximum Gasteiger partial charge on any atom is 0.490 e. The van der Waals surface area contributed by atoms with Crippen LogP contribution in [0.5, 0.6) is 23.3 Å². The van der Waals surface area contributed by atoms with Gasteiger partial charge < -0.3 is 29.3 Å². The SMILES string of the molecule is Brc1ccc(Oc2cccc(C=C3CCNCC3)c2)nc1.Cc1noc(NC(=O)N2CCC(=Cc3cccc(Oc4ccc(Br)cn4)c3)CC2)c1C.O=C(O)C(F)(F)F. The van der Waals surface area contributed by atoms with E-state index < -0.39 is 12.1 Å². The van der Waals surface area contributed by atoms with Crippen molar-refractivity contribution >= 4 is 61.9 Å². The number of aliphatic carboxylic acids is 1. The number of nitrogens with one attached hydrogen (secondary N) is 2. The molecule has 17 heteroatoms. The van der Waals surface area contributed by atoms with E-state index in [9.17, 15) is 18.0 Å². The number of ether oxygens (including phenoxy) is 2. The van der Waals surface area contributed by atoms with Gasteiger partial charge in [-0.05, 0) is 132 Å². The summed E-state index contributed by atoms with van der Waals surface area (Å²) in [6.07, 6.45) is 6.68. The monoisotopic (exact) mass is 940 g/mol. The van der Waals surface area contributed by atoms with E-state index in [0.29, 0.717) is 30.7 Å². The average molecular weight is 943 g/mol. The van der Waals surface area contributed by atoms with Crippen LogP contribution >= 0.6 is 31.9 Å². The van der Waals surface area contributed by atoms with Gasteiger partial charge in [0.1, 0.15) is 11.5 Å². The second kappa shape index (κ2) is 21.5. The maximum absolute atomic E-state index is 12.5. The number of hydrogen-bond acceptors (Lipinski definition) is 9. The molecular weight excluding hydrogens is 901 g/mol. The molecule has 0 bridgehead atoms. The number of aromatic nitrogens is 3. The summed E-state index contributed by atoms with van der Waals surface area (Å²) in [6, 6.07) is 23.4. The van der Waals surface area contributed by atoms with Gasteiger partial charge in [0.15, 0.2) is 0 Å². The first-order chi connectivity index (χ1) is 28.2. The number of piperidine rings is 2. The van der Waals surface area contributed by atoms with Gasteiger partial charge in [-0.1, -0.05) is 52.7 Å². The standard InChI is InChI=1S/C23H23BrN4O3.C17H17BrN2O.C2HF3O2/c1-15-16(2)27-31-22(15)26-23(29)28-10-8-17(9-11-28)12-18-4-3-5-20(13-18)30-21-7-6-19(24)14-25-21;18-15-4-5-17(20-12-15)21-16-3-1-2-14(11-16)10-13-6-8-19-9-7-13;3-2(4,5)1(6)7/h3-7,12-14H,8-11H2,1-2H3,(H,26,29);1-5,10-12,19H,6-9H2;(H,6,7). The topological polar surface area (TPSA) is 152 Å². The highest BCUT2D eigenvalue weighted by Crippen LogP contribution is 2.27. The third-order valence-corrected chi connectivity index (χ3v) is 9.80. The van der Waals surface area contributed by atoms with Crippen LogP contribution in [0, 0.1) is 13.8 Å². The Hall–Kier alpha value is -5.52. The highest BCUT2D eigenvalue weighted by atomic mass is 79.9. The first kappa shape index (κ1) is 44.6. The molecule has 0 radical (unpaired) electrons. The molecule has 310 valence electrons. The summed E-state index contributed by atoms with van der Waals surface area (Å²) in [4.78, 5) is 31.7. The Bertz CT molecular complexity index is 2230. The van der Waals surface area contributed by atoms with Crippen molar-refractivity contribution < 1.29 is 41.9 Å². The minimum Gasteiger partial charge on any atom is -0.475 e. The molecule has 3 N–H and O–H groups in total. The smallest absolute Gasteiger partial charge is 0.475 e. The van der Waals surface area contributed by atoms with E-state index in [1.165, 1.54) is 16.7 Å². The first-order valence-corrected chi connectivity index (χ1v) is 20.0. The van der Waals surface area contributed by atoms with Gasteiger partial charge in [-0.15, -0.1) is 0 Å². The fraction of sp³-hybridized carbons (Fsp3) is 0.262. The highest BCUT2D eigenvalue weighted by Gasteiger charge is 2.38. The van der Waals surface area contributed by atoms with E-state index in [1.807, 2.05) is 74.5 Å². The number of pyridine rings is 2. The van der Waals surface area contributed by atoms with E-state index in [1.54, 1.807) is 17.3 Å². The third-order valence-electron chi connectivity index (χ3n) is 8.86. The van der Waals surface area contributed by atoms with Gasteiger partial charge in [0.05, 0.1) is 5.69 Å². The van der Waals surface area contributed by atoms with E-state index in [4.69, 9.17) is 23.9 Å². The molecule has 59 heavy (non-hydrogen) atoms.